The molecule has 2 aromatic rings. The van der Waals surface area contributed by atoms with Crippen LogP contribution in [-0.4, -0.2) is 16.3 Å². The lowest BCUT2D eigenvalue weighted by Gasteiger charge is -2.35. The summed E-state index contributed by atoms with van der Waals surface area (Å²) in [7, 11) is 0. The first-order valence-electron chi connectivity index (χ1n) is 8.74. The zero-order valence-corrected chi connectivity index (χ0v) is 15.6. The van der Waals surface area contributed by atoms with Crippen molar-refractivity contribution >= 4 is 29.3 Å². The third-order valence-corrected chi connectivity index (χ3v) is 7.12. The number of benzene rings is 2. The molecule has 1 nitrogen and oxygen atoms in total. The number of rotatable bonds is 7. The second-order valence-corrected chi connectivity index (χ2v) is 8.93. The Bertz CT molecular complexity index is 633. The van der Waals surface area contributed by atoms with Crippen LogP contribution in [0.25, 0.3) is 0 Å². The molecule has 2 aromatic carbocycles. The topological polar surface area (TPSA) is 17.1 Å². The van der Waals surface area contributed by atoms with Crippen LogP contribution in [-0.2, 0) is 4.79 Å². The summed E-state index contributed by atoms with van der Waals surface area (Å²) in [6, 6.07) is 20.8. The summed E-state index contributed by atoms with van der Waals surface area (Å²) in [6.45, 7) is 0. The molecule has 0 N–H and O–H groups in total. The van der Waals surface area contributed by atoms with E-state index in [1.807, 2.05) is 23.9 Å². The Morgan fingerprint density at radius 1 is 0.833 bits per heavy atom. The zero-order chi connectivity index (χ0) is 16.7. The summed E-state index contributed by atoms with van der Waals surface area (Å²) in [5, 5.41) is 0. The smallest absolute Gasteiger partial charge is 0.150 e. The Morgan fingerprint density at radius 2 is 1.42 bits per heavy atom. The summed E-state index contributed by atoms with van der Waals surface area (Å²) in [5.41, 5.74) is 0. The van der Waals surface area contributed by atoms with E-state index in [0.717, 1.165) is 18.6 Å². The second-order valence-electron chi connectivity index (χ2n) is 6.30. The third kappa shape index (κ3) is 4.67. The summed E-state index contributed by atoms with van der Waals surface area (Å²) in [5.74, 6) is 1.32. The average Bonchev–Trinajstić information content (AvgIpc) is 2.64. The lowest BCUT2D eigenvalue weighted by molar-refractivity contribution is -0.121. The summed E-state index contributed by atoms with van der Waals surface area (Å²) >= 11 is 3.60. The predicted octanol–water partition coefficient (Wildman–Crippen LogP) is 6.23. The van der Waals surface area contributed by atoms with E-state index < -0.39 is 0 Å². The number of hydrogen-bond donors (Lipinski definition) is 0. The molecule has 1 fully saturated rings. The molecule has 0 atom stereocenters. The maximum Gasteiger partial charge on any atom is 0.150 e. The molecule has 0 saturated heterocycles. The van der Waals surface area contributed by atoms with Crippen molar-refractivity contribution < 1.29 is 4.79 Å². The highest BCUT2D eigenvalue weighted by Gasteiger charge is 2.39. The highest BCUT2D eigenvalue weighted by Crippen LogP contribution is 2.45. The maximum absolute atomic E-state index is 13.1. The van der Waals surface area contributed by atoms with E-state index in [9.17, 15) is 4.79 Å². The van der Waals surface area contributed by atoms with Crippen LogP contribution in [0.2, 0.25) is 0 Å². The van der Waals surface area contributed by atoms with E-state index in [4.69, 9.17) is 0 Å². The van der Waals surface area contributed by atoms with Crippen LogP contribution in [0.1, 0.15) is 38.5 Å². The van der Waals surface area contributed by atoms with Crippen LogP contribution in [0.4, 0.5) is 0 Å². The molecule has 1 saturated carbocycles. The van der Waals surface area contributed by atoms with Gasteiger partial charge in [-0.2, -0.15) is 0 Å². The molecule has 0 aromatic heterocycles. The molecule has 0 amide bonds. The largest absolute Gasteiger partial charge is 0.298 e. The molecule has 0 aliphatic heterocycles. The minimum atomic E-state index is -0.198. The molecule has 24 heavy (non-hydrogen) atoms. The molecule has 0 heterocycles. The first kappa shape index (κ1) is 17.6. The van der Waals surface area contributed by atoms with Gasteiger partial charge in [-0.3, -0.25) is 4.79 Å². The number of thioether (sulfide) groups is 2. The molecule has 0 bridgehead atoms. The SMILES string of the molecule is O=C(CCSc1ccccc1)C1(Sc2ccccc2)CCCCC1. The van der Waals surface area contributed by atoms with Crippen LogP contribution in [0.3, 0.4) is 0 Å². The van der Waals surface area contributed by atoms with Gasteiger partial charge in [-0.25, -0.2) is 0 Å². The molecule has 1 aliphatic carbocycles. The van der Waals surface area contributed by atoms with Gasteiger partial charge in [0, 0.05) is 22.0 Å². The first-order valence-corrected chi connectivity index (χ1v) is 10.5. The standard InChI is InChI=1S/C21H24OS2/c22-20(14-17-23-18-10-4-1-5-11-18)21(15-8-3-9-16-21)24-19-12-6-2-7-13-19/h1-2,4-7,10-13H,3,8-9,14-17H2. The van der Waals surface area contributed by atoms with Crippen molar-refractivity contribution in [2.75, 3.05) is 5.75 Å². The van der Waals surface area contributed by atoms with E-state index in [0.29, 0.717) is 12.2 Å². The van der Waals surface area contributed by atoms with Crippen molar-refractivity contribution in [1.82, 2.24) is 0 Å². The van der Waals surface area contributed by atoms with Gasteiger partial charge in [0.05, 0.1) is 4.75 Å². The second kappa shape index (κ2) is 8.77. The minimum Gasteiger partial charge on any atom is -0.298 e. The van der Waals surface area contributed by atoms with Crippen molar-refractivity contribution in [3.05, 3.63) is 60.7 Å². The third-order valence-electron chi connectivity index (χ3n) is 4.57. The van der Waals surface area contributed by atoms with Gasteiger partial charge in [0.2, 0.25) is 0 Å². The quantitative estimate of drug-likeness (QED) is 0.547. The molecule has 3 rings (SSSR count). The molecule has 0 radical (unpaired) electrons. The fourth-order valence-corrected chi connectivity index (χ4v) is 5.61. The number of carbonyl (C=O) groups excluding carboxylic acids is 1. The fourth-order valence-electron chi connectivity index (χ4n) is 3.28. The first-order chi connectivity index (χ1) is 11.8. The lowest BCUT2D eigenvalue weighted by atomic mass is 9.84. The number of hydrogen-bond acceptors (Lipinski definition) is 3. The van der Waals surface area contributed by atoms with Crippen molar-refractivity contribution in [1.29, 1.82) is 0 Å². The highest BCUT2D eigenvalue weighted by atomic mass is 32.2. The Kier molecular flexibility index (Phi) is 6.44. The van der Waals surface area contributed by atoms with Crippen LogP contribution >= 0.6 is 23.5 Å². The van der Waals surface area contributed by atoms with Crippen molar-refractivity contribution in [2.24, 2.45) is 0 Å². The predicted molar refractivity (Wildman–Crippen MR) is 105 cm³/mol. The Morgan fingerprint density at radius 3 is 2.04 bits per heavy atom. The van der Waals surface area contributed by atoms with E-state index in [1.165, 1.54) is 29.1 Å². The average molecular weight is 357 g/mol. The van der Waals surface area contributed by atoms with Gasteiger partial charge in [-0.1, -0.05) is 55.7 Å². The van der Waals surface area contributed by atoms with Crippen LogP contribution in [0, 0.1) is 0 Å². The molecule has 3 heteroatoms. The highest BCUT2D eigenvalue weighted by molar-refractivity contribution is 8.01. The zero-order valence-electron chi connectivity index (χ0n) is 13.9. The molecule has 126 valence electrons. The van der Waals surface area contributed by atoms with E-state index in [2.05, 4.69) is 48.5 Å². The summed E-state index contributed by atoms with van der Waals surface area (Å²) in [6.07, 6.45) is 6.35. The molecular formula is C21H24OS2. The molecule has 1 aliphatic rings. The van der Waals surface area contributed by atoms with Crippen molar-refractivity contribution in [3.63, 3.8) is 0 Å². The van der Waals surface area contributed by atoms with E-state index in [1.54, 1.807) is 11.8 Å². The maximum atomic E-state index is 13.1. The Hall–Kier alpha value is -1.19. The van der Waals surface area contributed by atoms with Gasteiger partial charge in [0.1, 0.15) is 5.78 Å². The lowest BCUT2D eigenvalue weighted by Crippen LogP contribution is -2.37. The number of ketones is 1. The van der Waals surface area contributed by atoms with Gasteiger partial charge in [0.15, 0.2) is 0 Å². The van der Waals surface area contributed by atoms with Crippen molar-refractivity contribution in [3.8, 4) is 0 Å². The van der Waals surface area contributed by atoms with Crippen LogP contribution in [0.5, 0.6) is 0 Å². The fraction of sp³-hybridized carbons (Fsp3) is 0.381. The van der Waals surface area contributed by atoms with Crippen molar-refractivity contribution in [2.45, 2.75) is 53.1 Å². The van der Waals surface area contributed by atoms with Crippen LogP contribution in [0.15, 0.2) is 70.5 Å². The monoisotopic (exact) mass is 356 g/mol. The van der Waals surface area contributed by atoms with Crippen LogP contribution < -0.4 is 0 Å². The number of carbonyl (C=O) groups is 1. The van der Waals surface area contributed by atoms with Gasteiger partial charge in [0.25, 0.3) is 0 Å². The molecule has 0 spiro atoms. The van der Waals surface area contributed by atoms with Gasteiger partial charge in [-0.15, -0.1) is 23.5 Å². The summed E-state index contributed by atoms with van der Waals surface area (Å²) < 4.78 is -0.198. The van der Waals surface area contributed by atoms with Gasteiger partial charge in [-0.05, 0) is 37.1 Å². The van der Waals surface area contributed by atoms with Gasteiger partial charge >= 0.3 is 0 Å². The number of Topliss-reactive ketones (excluding diaryl/α,β-unsaturated/α-hetero) is 1. The molecule has 0 unspecified atom stereocenters. The Labute approximate surface area is 153 Å². The van der Waals surface area contributed by atoms with E-state index >= 15 is 0 Å². The summed E-state index contributed by atoms with van der Waals surface area (Å²) in [4.78, 5) is 15.6. The Balaban J connectivity index is 1.63. The van der Waals surface area contributed by atoms with E-state index in [-0.39, 0.29) is 4.75 Å². The minimum absolute atomic E-state index is 0.198. The van der Waals surface area contributed by atoms with Gasteiger partial charge < -0.3 is 0 Å². The molecular weight excluding hydrogens is 332 g/mol. The normalized spacial score (nSPS) is 16.7.